The first-order valence-electron chi connectivity index (χ1n) is 13.9. The highest BCUT2D eigenvalue weighted by Gasteiger charge is 2.23. The van der Waals surface area contributed by atoms with E-state index in [0.29, 0.717) is 39.0 Å². The van der Waals surface area contributed by atoms with E-state index >= 15 is 0 Å². The molecule has 2 saturated heterocycles. The molecule has 11 nitrogen and oxygen atoms in total. The lowest BCUT2D eigenvalue weighted by Gasteiger charge is -2.35. The first-order chi connectivity index (χ1) is 19.9. The fraction of sp³-hybridized carbons (Fsp3) is 0.464. The lowest BCUT2D eigenvalue weighted by atomic mass is 10.1. The fourth-order valence-electron chi connectivity index (χ4n) is 4.92. The van der Waals surface area contributed by atoms with E-state index in [-0.39, 0.29) is 17.9 Å². The van der Waals surface area contributed by atoms with E-state index in [2.05, 4.69) is 40.7 Å². The Morgan fingerprint density at radius 2 is 2.00 bits per heavy atom. The second kappa shape index (κ2) is 13.6. The van der Waals surface area contributed by atoms with E-state index in [0.717, 1.165) is 69.9 Å². The topological polar surface area (TPSA) is 125 Å². The van der Waals surface area contributed by atoms with Gasteiger partial charge in [0, 0.05) is 38.8 Å². The molecule has 1 aromatic carbocycles. The zero-order chi connectivity index (χ0) is 28.8. The van der Waals surface area contributed by atoms with Crippen LogP contribution in [-0.2, 0) is 9.53 Å². The minimum absolute atomic E-state index is 0.136. The zero-order valence-electron chi connectivity index (χ0n) is 23.3. The number of nitrogens with zero attached hydrogens (tertiary/aromatic N) is 5. The van der Waals surface area contributed by atoms with Gasteiger partial charge in [-0.05, 0) is 44.9 Å². The number of piperidine rings is 1. The smallest absolute Gasteiger partial charge is 0.323 e. The number of halogens is 1. The van der Waals surface area contributed by atoms with Crippen LogP contribution in [0.3, 0.4) is 0 Å². The molecule has 41 heavy (non-hydrogen) atoms. The number of amides is 1. The number of anilines is 4. The average molecular weight is 599 g/mol. The molecule has 13 heteroatoms. The summed E-state index contributed by atoms with van der Waals surface area (Å²) in [7, 11) is 0. The van der Waals surface area contributed by atoms with Crippen LogP contribution < -0.4 is 20.9 Å². The maximum absolute atomic E-state index is 12.8. The van der Waals surface area contributed by atoms with E-state index in [1.54, 1.807) is 6.07 Å². The molecule has 4 heterocycles. The van der Waals surface area contributed by atoms with Crippen LogP contribution in [0, 0.1) is 13.8 Å². The number of para-hydroxylation sites is 1. The molecule has 3 aromatic rings. The second-order valence-corrected chi connectivity index (χ2v) is 11.6. The van der Waals surface area contributed by atoms with Gasteiger partial charge < -0.3 is 25.6 Å². The summed E-state index contributed by atoms with van der Waals surface area (Å²) >= 11 is 7.49. The quantitative estimate of drug-likeness (QED) is 0.311. The Labute approximate surface area is 248 Å². The van der Waals surface area contributed by atoms with Gasteiger partial charge in [-0.3, -0.25) is 14.5 Å². The molecule has 5 rings (SSSR count). The van der Waals surface area contributed by atoms with Crippen LogP contribution in [0.1, 0.15) is 40.3 Å². The molecular weight excluding hydrogens is 564 g/mol. The third kappa shape index (κ3) is 7.70. The van der Waals surface area contributed by atoms with Crippen molar-refractivity contribution >= 4 is 57.3 Å². The van der Waals surface area contributed by atoms with Gasteiger partial charge in [0.25, 0.3) is 5.91 Å². The molecule has 0 unspecified atom stereocenters. The molecule has 0 bridgehead atoms. The van der Waals surface area contributed by atoms with Crippen LogP contribution in [0.15, 0.2) is 30.5 Å². The van der Waals surface area contributed by atoms with Crippen LogP contribution in [0.5, 0.6) is 0 Å². The first-order valence-corrected chi connectivity index (χ1v) is 15.1. The highest BCUT2D eigenvalue weighted by atomic mass is 35.5. The van der Waals surface area contributed by atoms with Crippen LogP contribution in [0.25, 0.3) is 0 Å². The molecule has 2 fully saturated rings. The largest absolute Gasteiger partial charge is 0.463 e. The minimum Gasteiger partial charge on any atom is -0.463 e. The molecule has 0 saturated carbocycles. The van der Waals surface area contributed by atoms with Crippen molar-refractivity contribution < 1.29 is 14.3 Å². The van der Waals surface area contributed by atoms with Gasteiger partial charge in [0.2, 0.25) is 0 Å². The van der Waals surface area contributed by atoms with Gasteiger partial charge in [-0.2, -0.15) is 0 Å². The average Bonchev–Trinajstić information content (AvgIpc) is 3.44. The molecule has 3 N–H and O–H groups in total. The molecule has 2 aliphatic heterocycles. The number of piperazine rings is 1. The number of nitrogens with one attached hydrogen (secondary N) is 3. The number of esters is 1. The summed E-state index contributed by atoms with van der Waals surface area (Å²) in [6.07, 6.45) is 4.58. The number of carbonyl (C=O) groups excluding carboxylic acids is 2. The highest BCUT2D eigenvalue weighted by molar-refractivity contribution is 7.17. The van der Waals surface area contributed by atoms with Crippen LogP contribution in [0.2, 0.25) is 5.02 Å². The van der Waals surface area contributed by atoms with E-state index in [1.165, 1.54) is 17.5 Å². The number of rotatable bonds is 9. The lowest BCUT2D eigenvalue weighted by molar-refractivity contribution is -0.147. The SMILES string of the molecule is Cc1nc(Nc2ncc(C(=O)Nc3c(C)cccc3Cl)s2)cc(N2CCN(CCOC(=O)[C@@H]3CCCCN3)CC2)n1. The van der Waals surface area contributed by atoms with E-state index in [1.807, 2.05) is 32.0 Å². The van der Waals surface area contributed by atoms with Gasteiger partial charge in [0.15, 0.2) is 5.13 Å². The van der Waals surface area contributed by atoms with Gasteiger partial charge in [-0.1, -0.05) is 41.5 Å². The highest BCUT2D eigenvalue weighted by Crippen LogP contribution is 2.28. The van der Waals surface area contributed by atoms with Crippen molar-refractivity contribution in [2.75, 3.05) is 61.4 Å². The summed E-state index contributed by atoms with van der Waals surface area (Å²) in [4.78, 5) is 43.6. The number of hydrogen-bond acceptors (Lipinski definition) is 11. The van der Waals surface area contributed by atoms with Crippen molar-refractivity contribution in [2.45, 2.75) is 39.2 Å². The molecule has 2 aliphatic rings. The number of aromatic nitrogens is 3. The first kappa shape index (κ1) is 29.2. The second-order valence-electron chi connectivity index (χ2n) is 10.2. The molecule has 1 amide bonds. The molecular formula is C28H35ClN8O3S. The maximum Gasteiger partial charge on any atom is 0.323 e. The van der Waals surface area contributed by atoms with Crippen molar-refractivity contribution in [2.24, 2.45) is 0 Å². The number of aryl methyl sites for hydroxylation is 2. The Hall–Kier alpha value is -3.32. The van der Waals surface area contributed by atoms with E-state index < -0.39 is 0 Å². The van der Waals surface area contributed by atoms with Gasteiger partial charge in [0.1, 0.15) is 35.0 Å². The van der Waals surface area contributed by atoms with Gasteiger partial charge in [-0.25, -0.2) is 15.0 Å². The Bertz CT molecular complexity index is 1350. The summed E-state index contributed by atoms with van der Waals surface area (Å²) in [6, 6.07) is 7.22. The standard InChI is InChI=1S/C28H35ClN8O3S/c1-18-6-5-7-20(29)25(18)35-26(38)22-17-31-28(41-22)34-23-16-24(33-19(2)32-23)37-12-10-36(11-13-37)14-15-40-27(39)21-8-3-4-9-30-21/h5-7,16-17,21,30H,3-4,8-15H2,1-2H3,(H,35,38)(H,31,32,33,34)/t21-/m0/s1. The molecule has 218 valence electrons. The zero-order valence-corrected chi connectivity index (χ0v) is 24.9. The van der Waals surface area contributed by atoms with Crippen molar-refractivity contribution in [3.8, 4) is 0 Å². The fourth-order valence-corrected chi connectivity index (χ4v) is 5.91. The lowest BCUT2D eigenvalue weighted by Crippen LogP contribution is -2.48. The summed E-state index contributed by atoms with van der Waals surface area (Å²) in [5, 5.41) is 10.4. The summed E-state index contributed by atoms with van der Waals surface area (Å²) < 4.78 is 5.52. The Balaban J connectivity index is 1.12. The van der Waals surface area contributed by atoms with Crippen LogP contribution >= 0.6 is 22.9 Å². The normalized spacial score (nSPS) is 17.7. The number of ether oxygens (including phenoxy) is 1. The number of hydrogen-bond donors (Lipinski definition) is 3. The number of benzene rings is 1. The third-order valence-electron chi connectivity index (χ3n) is 7.19. The third-order valence-corrected chi connectivity index (χ3v) is 8.42. The van der Waals surface area contributed by atoms with Gasteiger partial charge in [-0.15, -0.1) is 0 Å². The molecule has 0 radical (unpaired) electrons. The molecule has 0 spiro atoms. The van der Waals surface area contributed by atoms with E-state index in [4.69, 9.17) is 16.3 Å². The molecule has 0 aliphatic carbocycles. The summed E-state index contributed by atoms with van der Waals surface area (Å²) in [5.41, 5.74) is 1.48. The maximum atomic E-state index is 12.8. The molecule has 2 aromatic heterocycles. The van der Waals surface area contributed by atoms with Crippen LogP contribution in [0.4, 0.5) is 22.5 Å². The Kier molecular flexibility index (Phi) is 9.65. The Morgan fingerprint density at radius 1 is 1.17 bits per heavy atom. The van der Waals surface area contributed by atoms with Crippen molar-refractivity contribution in [1.29, 1.82) is 0 Å². The number of carbonyl (C=O) groups is 2. The van der Waals surface area contributed by atoms with E-state index in [9.17, 15) is 9.59 Å². The monoisotopic (exact) mass is 598 g/mol. The molecule has 1 atom stereocenters. The van der Waals surface area contributed by atoms with Crippen LogP contribution in [-0.4, -0.2) is 83.6 Å². The predicted octanol–water partition coefficient (Wildman–Crippen LogP) is 4.01. The summed E-state index contributed by atoms with van der Waals surface area (Å²) in [5.74, 6) is 1.67. The minimum atomic E-state index is -0.274. The Morgan fingerprint density at radius 3 is 2.76 bits per heavy atom. The van der Waals surface area contributed by atoms with Gasteiger partial charge in [0.05, 0.1) is 16.9 Å². The predicted molar refractivity (Wildman–Crippen MR) is 162 cm³/mol. The van der Waals surface area contributed by atoms with Gasteiger partial charge >= 0.3 is 5.97 Å². The van der Waals surface area contributed by atoms with Crippen molar-refractivity contribution in [3.05, 3.63) is 51.7 Å². The number of thiazole rings is 1. The summed E-state index contributed by atoms with van der Waals surface area (Å²) in [6.45, 7) is 9.06. The van der Waals surface area contributed by atoms with Crippen molar-refractivity contribution in [3.63, 3.8) is 0 Å². The van der Waals surface area contributed by atoms with Crippen molar-refractivity contribution in [1.82, 2.24) is 25.2 Å².